The molecule has 0 aromatic heterocycles. The Morgan fingerprint density at radius 3 is 2.94 bits per heavy atom. The second kappa shape index (κ2) is 6.84. The molecule has 2 rings (SSSR count). The predicted molar refractivity (Wildman–Crippen MR) is 78.9 cm³/mol. The second-order valence-corrected chi connectivity index (χ2v) is 6.74. The summed E-state index contributed by atoms with van der Waals surface area (Å²) in [6.07, 6.45) is 12.1. The molecular weight excluding hydrogens is 242 g/mol. The first kappa shape index (κ1) is 14.2. The highest BCUT2D eigenvalue weighted by atomic mass is 32.2. The van der Waals surface area contributed by atoms with Crippen molar-refractivity contribution in [3.8, 4) is 12.3 Å². The third kappa shape index (κ3) is 3.66. The molecule has 2 atom stereocenters. The Morgan fingerprint density at radius 2 is 2.28 bits per heavy atom. The molecule has 3 heteroatoms. The molecule has 0 aromatic carbocycles. The van der Waals surface area contributed by atoms with Crippen molar-refractivity contribution in [1.29, 1.82) is 0 Å². The van der Waals surface area contributed by atoms with Gasteiger partial charge in [-0.3, -0.25) is 0 Å². The minimum atomic E-state index is 0.176. The van der Waals surface area contributed by atoms with Crippen molar-refractivity contribution in [3.63, 3.8) is 0 Å². The summed E-state index contributed by atoms with van der Waals surface area (Å²) in [6, 6.07) is 1.08. The molecular formula is C15H25NOS. The van der Waals surface area contributed by atoms with E-state index in [4.69, 9.17) is 11.2 Å². The van der Waals surface area contributed by atoms with E-state index in [9.17, 15) is 0 Å². The van der Waals surface area contributed by atoms with Crippen LogP contribution in [0.1, 0.15) is 45.4 Å². The fraction of sp³-hybridized carbons (Fsp3) is 0.867. The molecule has 1 N–H and O–H groups in total. The molecule has 0 aromatic rings. The van der Waals surface area contributed by atoms with Crippen LogP contribution in [0.4, 0.5) is 0 Å². The van der Waals surface area contributed by atoms with Crippen LogP contribution in [0.3, 0.4) is 0 Å². The van der Waals surface area contributed by atoms with Crippen LogP contribution in [0.2, 0.25) is 0 Å². The molecule has 2 nitrogen and oxygen atoms in total. The van der Waals surface area contributed by atoms with Crippen LogP contribution >= 0.6 is 11.8 Å². The largest absolute Gasteiger partial charge is 0.375 e. The van der Waals surface area contributed by atoms with Crippen LogP contribution in [0.15, 0.2) is 0 Å². The third-order valence-electron chi connectivity index (χ3n) is 4.23. The Hall–Kier alpha value is -0.170. The van der Waals surface area contributed by atoms with E-state index >= 15 is 0 Å². The second-order valence-electron chi connectivity index (χ2n) is 5.51. The number of thioether (sulfide) groups is 1. The van der Waals surface area contributed by atoms with Crippen LogP contribution in [0, 0.1) is 12.3 Å². The molecule has 102 valence electrons. The molecule has 0 aliphatic carbocycles. The Morgan fingerprint density at radius 1 is 1.50 bits per heavy atom. The highest BCUT2D eigenvalue weighted by Crippen LogP contribution is 2.37. The lowest BCUT2D eigenvalue weighted by atomic mass is 9.85. The number of hydrogen-bond acceptors (Lipinski definition) is 3. The third-order valence-corrected chi connectivity index (χ3v) is 5.21. The van der Waals surface area contributed by atoms with Crippen LogP contribution in [-0.4, -0.2) is 35.8 Å². The first-order chi connectivity index (χ1) is 8.78. The van der Waals surface area contributed by atoms with Gasteiger partial charge in [0.15, 0.2) is 0 Å². The van der Waals surface area contributed by atoms with Crippen molar-refractivity contribution in [2.24, 2.45) is 0 Å². The quantitative estimate of drug-likeness (QED) is 0.792. The molecule has 0 radical (unpaired) electrons. The zero-order chi connectivity index (χ0) is 12.8. The Bertz CT molecular complexity index is 288. The van der Waals surface area contributed by atoms with Crippen molar-refractivity contribution in [2.75, 3.05) is 18.1 Å². The minimum absolute atomic E-state index is 0.176. The fourth-order valence-electron chi connectivity index (χ4n) is 3.06. The summed E-state index contributed by atoms with van der Waals surface area (Å²) >= 11 is 2.06. The van der Waals surface area contributed by atoms with E-state index in [0.717, 1.165) is 25.9 Å². The van der Waals surface area contributed by atoms with Gasteiger partial charge in [0.25, 0.3) is 0 Å². The average Bonchev–Trinajstić information content (AvgIpc) is 2.39. The van der Waals surface area contributed by atoms with Crippen LogP contribution in [-0.2, 0) is 4.74 Å². The van der Waals surface area contributed by atoms with Crippen molar-refractivity contribution in [1.82, 2.24) is 5.32 Å². The molecule has 1 spiro atoms. The van der Waals surface area contributed by atoms with Gasteiger partial charge in [0.05, 0.1) is 5.60 Å². The summed E-state index contributed by atoms with van der Waals surface area (Å²) < 4.78 is 6.12. The number of hydrogen-bond donors (Lipinski definition) is 1. The molecule has 2 unspecified atom stereocenters. The first-order valence-electron chi connectivity index (χ1n) is 7.19. The molecule has 2 aliphatic rings. The van der Waals surface area contributed by atoms with Gasteiger partial charge in [0.1, 0.15) is 0 Å². The maximum absolute atomic E-state index is 6.12. The molecule has 0 saturated carbocycles. The van der Waals surface area contributed by atoms with Crippen LogP contribution < -0.4 is 5.32 Å². The highest BCUT2D eigenvalue weighted by Gasteiger charge is 2.38. The molecule has 0 bridgehead atoms. The fourth-order valence-corrected chi connectivity index (χ4v) is 4.30. The summed E-state index contributed by atoms with van der Waals surface area (Å²) in [5.41, 5.74) is 0.176. The zero-order valence-corrected chi connectivity index (χ0v) is 12.2. The molecule has 2 fully saturated rings. The van der Waals surface area contributed by atoms with Gasteiger partial charge >= 0.3 is 0 Å². The lowest BCUT2D eigenvalue weighted by molar-refractivity contribution is -0.0941. The SMILES string of the molecule is C#CCC(CC)NC1CCOC2(CCSCC2)C1. The van der Waals surface area contributed by atoms with Crippen molar-refractivity contribution < 1.29 is 4.74 Å². The standard InChI is InChI=1S/C15H25NOS/c1-3-5-13(4-2)16-14-6-9-17-15(12-14)7-10-18-11-8-15/h1,13-14,16H,4-12H2,2H3. The lowest BCUT2D eigenvalue weighted by Gasteiger charge is -2.44. The first-order valence-corrected chi connectivity index (χ1v) is 8.35. The number of terminal acetylenes is 1. The lowest BCUT2D eigenvalue weighted by Crippen LogP contribution is -2.51. The Balaban J connectivity index is 1.88. The van der Waals surface area contributed by atoms with E-state index in [1.807, 2.05) is 0 Å². The van der Waals surface area contributed by atoms with Crippen molar-refractivity contribution >= 4 is 11.8 Å². The molecule has 2 heterocycles. The summed E-state index contributed by atoms with van der Waals surface area (Å²) in [4.78, 5) is 0. The molecule has 2 aliphatic heterocycles. The normalized spacial score (nSPS) is 28.8. The van der Waals surface area contributed by atoms with E-state index in [0.29, 0.717) is 12.1 Å². The predicted octanol–water partition coefficient (Wildman–Crippen LogP) is 2.82. The van der Waals surface area contributed by atoms with Crippen molar-refractivity contribution in [3.05, 3.63) is 0 Å². The van der Waals surface area contributed by atoms with Gasteiger partial charge in [-0.2, -0.15) is 11.8 Å². The number of nitrogens with one attached hydrogen (secondary N) is 1. The summed E-state index contributed by atoms with van der Waals surface area (Å²) in [7, 11) is 0. The van der Waals surface area contributed by atoms with Gasteiger partial charge in [-0.05, 0) is 43.6 Å². The van der Waals surface area contributed by atoms with Gasteiger partial charge in [-0.25, -0.2) is 0 Å². The average molecular weight is 267 g/mol. The van der Waals surface area contributed by atoms with Crippen LogP contribution in [0.25, 0.3) is 0 Å². The van der Waals surface area contributed by atoms with Crippen molar-refractivity contribution in [2.45, 2.75) is 63.1 Å². The van der Waals surface area contributed by atoms with E-state index < -0.39 is 0 Å². The van der Waals surface area contributed by atoms with E-state index in [-0.39, 0.29) is 5.60 Å². The van der Waals surface area contributed by atoms with E-state index in [1.54, 1.807) is 0 Å². The molecule has 18 heavy (non-hydrogen) atoms. The van der Waals surface area contributed by atoms with E-state index in [2.05, 4.69) is 29.9 Å². The smallest absolute Gasteiger partial charge is 0.0713 e. The minimum Gasteiger partial charge on any atom is -0.375 e. The maximum Gasteiger partial charge on any atom is 0.0713 e. The van der Waals surface area contributed by atoms with Gasteiger partial charge in [-0.1, -0.05) is 6.92 Å². The van der Waals surface area contributed by atoms with Crippen LogP contribution in [0.5, 0.6) is 0 Å². The number of ether oxygens (including phenoxy) is 1. The van der Waals surface area contributed by atoms with Gasteiger partial charge in [0.2, 0.25) is 0 Å². The van der Waals surface area contributed by atoms with E-state index in [1.165, 1.54) is 30.8 Å². The highest BCUT2D eigenvalue weighted by molar-refractivity contribution is 7.99. The Kier molecular flexibility index (Phi) is 5.41. The van der Waals surface area contributed by atoms with Gasteiger partial charge < -0.3 is 10.1 Å². The number of rotatable bonds is 4. The molecule has 2 saturated heterocycles. The topological polar surface area (TPSA) is 21.3 Å². The molecule has 0 amide bonds. The van der Waals surface area contributed by atoms with Gasteiger partial charge in [0, 0.05) is 25.1 Å². The maximum atomic E-state index is 6.12. The Labute approximate surface area is 116 Å². The zero-order valence-electron chi connectivity index (χ0n) is 11.4. The summed E-state index contributed by atoms with van der Waals surface area (Å²) in [5, 5.41) is 3.75. The summed E-state index contributed by atoms with van der Waals surface area (Å²) in [6.45, 7) is 3.12. The van der Waals surface area contributed by atoms with Gasteiger partial charge in [-0.15, -0.1) is 12.3 Å². The summed E-state index contributed by atoms with van der Waals surface area (Å²) in [5.74, 6) is 5.30. The monoisotopic (exact) mass is 267 g/mol.